The monoisotopic (exact) mass is 435 g/mol. The highest BCUT2D eigenvalue weighted by Gasteiger charge is 2.14. The number of ether oxygens (including phenoxy) is 1. The van der Waals surface area contributed by atoms with E-state index in [0.29, 0.717) is 27.4 Å². The lowest BCUT2D eigenvalue weighted by Crippen LogP contribution is -2.13. The SMILES string of the molecule is COc1ccc(-c2ccc(/C=C(\C#N)C(=O)Nc3nc4ccccc4s3)o2)cc1Cl. The Kier molecular flexibility index (Phi) is 5.53. The van der Waals surface area contributed by atoms with Gasteiger partial charge in [-0.25, -0.2) is 4.98 Å². The first-order valence-corrected chi connectivity index (χ1v) is 9.99. The third-order valence-electron chi connectivity index (χ3n) is 4.23. The zero-order chi connectivity index (χ0) is 21.1. The number of carbonyl (C=O) groups excluding carboxylic acids is 1. The van der Waals surface area contributed by atoms with Crippen molar-refractivity contribution in [2.45, 2.75) is 0 Å². The molecule has 0 saturated heterocycles. The van der Waals surface area contributed by atoms with Gasteiger partial charge in [0.25, 0.3) is 5.91 Å². The van der Waals surface area contributed by atoms with Crippen LogP contribution in [0.1, 0.15) is 5.76 Å². The first kappa shape index (κ1) is 19.7. The lowest BCUT2D eigenvalue weighted by atomic mass is 10.1. The lowest BCUT2D eigenvalue weighted by Gasteiger charge is -2.04. The van der Waals surface area contributed by atoms with Crippen LogP contribution in [0.15, 0.2) is 64.6 Å². The van der Waals surface area contributed by atoms with E-state index in [-0.39, 0.29) is 5.57 Å². The van der Waals surface area contributed by atoms with Gasteiger partial charge >= 0.3 is 0 Å². The number of furan rings is 1. The molecule has 0 aliphatic heterocycles. The van der Waals surface area contributed by atoms with Crippen molar-refractivity contribution in [2.24, 2.45) is 0 Å². The quantitative estimate of drug-likeness (QED) is 0.318. The number of fused-ring (bicyclic) bond motifs is 1. The number of carbonyl (C=O) groups is 1. The van der Waals surface area contributed by atoms with Crippen LogP contribution < -0.4 is 10.1 Å². The van der Waals surface area contributed by atoms with E-state index in [2.05, 4.69) is 10.3 Å². The van der Waals surface area contributed by atoms with Crippen LogP contribution in [0.4, 0.5) is 5.13 Å². The van der Waals surface area contributed by atoms with E-state index in [1.165, 1.54) is 17.4 Å². The molecule has 148 valence electrons. The van der Waals surface area contributed by atoms with Crippen molar-refractivity contribution in [3.63, 3.8) is 0 Å². The van der Waals surface area contributed by atoms with Gasteiger partial charge in [0.1, 0.15) is 28.9 Å². The number of nitrogens with one attached hydrogen (secondary N) is 1. The molecular weight excluding hydrogens is 422 g/mol. The van der Waals surface area contributed by atoms with Crippen LogP contribution in [-0.4, -0.2) is 18.0 Å². The minimum atomic E-state index is -0.554. The minimum absolute atomic E-state index is 0.0945. The van der Waals surface area contributed by atoms with Crippen molar-refractivity contribution in [3.8, 4) is 23.1 Å². The molecule has 0 aliphatic carbocycles. The summed E-state index contributed by atoms with van der Waals surface area (Å²) in [4.78, 5) is 16.9. The number of anilines is 1. The van der Waals surface area contributed by atoms with E-state index in [9.17, 15) is 10.1 Å². The zero-order valence-corrected chi connectivity index (χ0v) is 17.3. The number of thiazole rings is 1. The van der Waals surface area contributed by atoms with Gasteiger partial charge in [0.2, 0.25) is 0 Å². The molecular formula is C22H14ClN3O3S. The Morgan fingerprint density at radius 2 is 2.10 bits per heavy atom. The molecule has 0 spiro atoms. The smallest absolute Gasteiger partial charge is 0.268 e. The van der Waals surface area contributed by atoms with E-state index >= 15 is 0 Å². The molecule has 1 amide bonds. The number of methoxy groups -OCH3 is 1. The summed E-state index contributed by atoms with van der Waals surface area (Å²) >= 11 is 7.50. The lowest BCUT2D eigenvalue weighted by molar-refractivity contribution is -0.112. The number of para-hydroxylation sites is 1. The van der Waals surface area contributed by atoms with E-state index in [4.69, 9.17) is 20.8 Å². The van der Waals surface area contributed by atoms with Crippen LogP contribution in [0, 0.1) is 11.3 Å². The number of benzene rings is 2. The molecule has 2 aromatic carbocycles. The van der Waals surface area contributed by atoms with E-state index < -0.39 is 5.91 Å². The summed E-state index contributed by atoms with van der Waals surface area (Å²) in [5, 5.41) is 13.0. The van der Waals surface area contributed by atoms with Crippen molar-refractivity contribution in [1.82, 2.24) is 4.98 Å². The summed E-state index contributed by atoms with van der Waals surface area (Å²) in [5.41, 5.74) is 1.44. The van der Waals surface area contributed by atoms with Crippen molar-refractivity contribution >= 4 is 50.3 Å². The normalized spacial score (nSPS) is 11.3. The molecule has 8 heteroatoms. The number of hydrogen-bond acceptors (Lipinski definition) is 6. The zero-order valence-electron chi connectivity index (χ0n) is 15.7. The fourth-order valence-electron chi connectivity index (χ4n) is 2.79. The molecule has 0 saturated carbocycles. The van der Waals surface area contributed by atoms with Crippen LogP contribution in [-0.2, 0) is 4.79 Å². The Morgan fingerprint density at radius 1 is 1.27 bits per heavy atom. The molecule has 1 N–H and O–H groups in total. The van der Waals surface area contributed by atoms with Crippen molar-refractivity contribution in [1.29, 1.82) is 5.26 Å². The molecule has 0 radical (unpaired) electrons. The first-order chi connectivity index (χ1) is 14.6. The molecule has 0 atom stereocenters. The fourth-order valence-corrected chi connectivity index (χ4v) is 3.90. The summed E-state index contributed by atoms with van der Waals surface area (Å²) < 4.78 is 11.9. The molecule has 4 rings (SSSR count). The average molecular weight is 436 g/mol. The Bertz CT molecular complexity index is 1280. The van der Waals surface area contributed by atoms with Gasteiger partial charge < -0.3 is 9.15 Å². The second-order valence-electron chi connectivity index (χ2n) is 6.16. The first-order valence-electron chi connectivity index (χ1n) is 8.80. The van der Waals surface area contributed by atoms with Crippen LogP contribution in [0.3, 0.4) is 0 Å². The molecule has 0 unspecified atom stereocenters. The third kappa shape index (κ3) is 4.06. The molecule has 4 aromatic rings. The maximum Gasteiger partial charge on any atom is 0.268 e. The van der Waals surface area contributed by atoms with E-state index in [1.54, 1.807) is 31.4 Å². The number of nitrogens with zero attached hydrogens (tertiary/aromatic N) is 2. The van der Waals surface area contributed by atoms with Gasteiger partial charge in [-0.3, -0.25) is 10.1 Å². The Labute approximate surface area is 181 Å². The number of halogens is 1. The van der Waals surface area contributed by atoms with Gasteiger partial charge in [-0.15, -0.1) is 0 Å². The maximum atomic E-state index is 12.5. The van der Waals surface area contributed by atoms with Crippen LogP contribution in [0.5, 0.6) is 5.75 Å². The molecule has 0 aliphatic rings. The summed E-state index contributed by atoms with van der Waals surface area (Å²) in [5.74, 6) is 0.926. The van der Waals surface area contributed by atoms with Gasteiger partial charge in [0.15, 0.2) is 5.13 Å². The summed E-state index contributed by atoms with van der Waals surface area (Å²) in [6, 6.07) is 18.1. The average Bonchev–Trinajstić information content (AvgIpc) is 3.38. The van der Waals surface area contributed by atoms with Crippen molar-refractivity contribution in [3.05, 3.63) is 71.0 Å². The summed E-state index contributed by atoms with van der Waals surface area (Å²) in [6.45, 7) is 0. The highest BCUT2D eigenvalue weighted by molar-refractivity contribution is 7.22. The molecule has 30 heavy (non-hydrogen) atoms. The number of amides is 1. The topological polar surface area (TPSA) is 88.1 Å². The number of aromatic nitrogens is 1. The highest BCUT2D eigenvalue weighted by atomic mass is 35.5. The van der Waals surface area contributed by atoms with Gasteiger partial charge in [-0.1, -0.05) is 35.1 Å². The minimum Gasteiger partial charge on any atom is -0.495 e. The molecule has 6 nitrogen and oxygen atoms in total. The molecule has 2 aromatic heterocycles. The Hall–Kier alpha value is -3.60. The van der Waals surface area contributed by atoms with Gasteiger partial charge in [-0.2, -0.15) is 5.26 Å². The van der Waals surface area contributed by atoms with Gasteiger partial charge in [0.05, 0.1) is 22.3 Å². The largest absolute Gasteiger partial charge is 0.495 e. The third-order valence-corrected chi connectivity index (χ3v) is 5.48. The van der Waals surface area contributed by atoms with Crippen LogP contribution in [0.25, 0.3) is 27.6 Å². The van der Waals surface area contributed by atoms with E-state index in [0.717, 1.165) is 15.8 Å². The Morgan fingerprint density at radius 3 is 2.83 bits per heavy atom. The van der Waals surface area contributed by atoms with Crippen molar-refractivity contribution < 1.29 is 13.9 Å². The van der Waals surface area contributed by atoms with Gasteiger partial charge in [0, 0.05) is 11.6 Å². The molecule has 2 heterocycles. The second-order valence-corrected chi connectivity index (χ2v) is 7.60. The maximum absolute atomic E-state index is 12.5. The van der Waals surface area contributed by atoms with Gasteiger partial charge in [-0.05, 0) is 42.5 Å². The van der Waals surface area contributed by atoms with Crippen molar-refractivity contribution in [2.75, 3.05) is 12.4 Å². The fraction of sp³-hybridized carbons (Fsp3) is 0.0455. The molecule has 0 bridgehead atoms. The van der Waals surface area contributed by atoms with Crippen LogP contribution in [0.2, 0.25) is 5.02 Å². The number of rotatable bonds is 5. The second kappa shape index (κ2) is 8.41. The molecule has 0 fully saturated rings. The summed E-state index contributed by atoms with van der Waals surface area (Å²) in [7, 11) is 1.54. The summed E-state index contributed by atoms with van der Waals surface area (Å²) in [6.07, 6.45) is 1.39. The number of nitriles is 1. The highest BCUT2D eigenvalue weighted by Crippen LogP contribution is 2.31. The van der Waals surface area contributed by atoms with E-state index in [1.807, 2.05) is 36.4 Å². The predicted molar refractivity (Wildman–Crippen MR) is 118 cm³/mol. The predicted octanol–water partition coefficient (Wildman–Crippen LogP) is 5.76. The standard InChI is InChI=1S/C22H14ClN3O3S/c1-28-19-8-6-13(11-16(19)23)18-9-7-15(29-18)10-14(12-24)21(27)26-22-25-17-4-2-3-5-20(17)30-22/h2-11H,1H3,(H,25,26,27)/b14-10+. The Balaban J connectivity index is 1.54. The number of hydrogen-bond donors (Lipinski definition) is 1. The van der Waals surface area contributed by atoms with Crippen LogP contribution >= 0.6 is 22.9 Å².